The number of carbonyl (C=O) groups is 1. The van der Waals surface area contributed by atoms with Gasteiger partial charge >= 0.3 is 0 Å². The van der Waals surface area contributed by atoms with Crippen LogP contribution >= 0.6 is 11.6 Å². The molecule has 190 valence electrons. The number of hydrogen-bond donors (Lipinski definition) is 3. The summed E-state index contributed by atoms with van der Waals surface area (Å²) in [6.07, 6.45) is 7.71. The number of nitrogens with two attached hydrogens (primary N) is 1. The largest absolute Gasteiger partial charge is 0.496 e. The second-order valence-corrected chi connectivity index (χ2v) is 9.97. The minimum absolute atomic E-state index is 0.0229. The van der Waals surface area contributed by atoms with E-state index in [4.69, 9.17) is 27.1 Å². The number of nitrogens with one attached hydrogen (secondary N) is 2. The van der Waals surface area contributed by atoms with Crippen molar-refractivity contribution in [3.63, 3.8) is 0 Å². The van der Waals surface area contributed by atoms with Gasteiger partial charge in [0.15, 0.2) is 5.65 Å². The van der Waals surface area contributed by atoms with E-state index in [2.05, 4.69) is 56.4 Å². The minimum atomic E-state index is -0.302. The molecule has 1 aromatic carbocycles. The van der Waals surface area contributed by atoms with Crippen molar-refractivity contribution >= 4 is 40.0 Å². The van der Waals surface area contributed by atoms with Gasteiger partial charge in [0.1, 0.15) is 17.1 Å². The molecule has 3 heterocycles. The van der Waals surface area contributed by atoms with Crippen LogP contribution in [-0.4, -0.2) is 72.1 Å². The molecule has 1 aliphatic heterocycles. The molecule has 4 N–H and O–H groups in total. The van der Waals surface area contributed by atoms with E-state index in [1.165, 1.54) is 0 Å². The molecule has 0 saturated carbocycles. The first kappa shape index (κ1) is 24.4. The van der Waals surface area contributed by atoms with Crippen molar-refractivity contribution in [1.29, 1.82) is 0 Å². The zero-order valence-electron chi connectivity index (χ0n) is 20.6. The van der Waals surface area contributed by atoms with Crippen LogP contribution in [0.1, 0.15) is 19.3 Å². The Morgan fingerprint density at radius 3 is 2.78 bits per heavy atom. The molecular formula is C26H32ClN7O2. The summed E-state index contributed by atoms with van der Waals surface area (Å²) in [7, 11) is 3.82. The van der Waals surface area contributed by atoms with E-state index >= 15 is 0 Å². The van der Waals surface area contributed by atoms with E-state index in [0.717, 1.165) is 67.2 Å². The Labute approximate surface area is 215 Å². The number of H-pyrrole nitrogens is 1. The molecule has 10 heteroatoms. The number of amides is 1. The van der Waals surface area contributed by atoms with Gasteiger partial charge in [-0.15, -0.1) is 0 Å². The zero-order chi connectivity index (χ0) is 25.2. The maximum atomic E-state index is 11.6. The summed E-state index contributed by atoms with van der Waals surface area (Å²) in [5, 5.41) is 4.04. The average Bonchev–Trinajstić information content (AvgIpc) is 3.31. The topological polar surface area (TPSA) is 112 Å². The highest BCUT2D eigenvalue weighted by Gasteiger charge is 2.26. The molecule has 36 heavy (non-hydrogen) atoms. The van der Waals surface area contributed by atoms with Crippen molar-refractivity contribution in [3.8, 4) is 17.1 Å². The molecule has 1 amide bonds. The highest BCUT2D eigenvalue weighted by atomic mass is 35.5. The number of halogens is 1. The van der Waals surface area contributed by atoms with Crippen molar-refractivity contribution < 1.29 is 9.53 Å². The highest BCUT2D eigenvalue weighted by Crippen LogP contribution is 2.37. The third-order valence-electron chi connectivity index (χ3n) is 7.14. The van der Waals surface area contributed by atoms with Gasteiger partial charge in [-0.05, 0) is 37.9 Å². The van der Waals surface area contributed by atoms with Gasteiger partial charge in [0, 0.05) is 50.4 Å². The Morgan fingerprint density at radius 1 is 1.25 bits per heavy atom. The molecule has 5 rings (SSSR count). The lowest BCUT2D eigenvalue weighted by Crippen LogP contribution is -2.44. The number of fused-ring (bicyclic) bond motifs is 1. The number of aromatic amines is 1. The van der Waals surface area contributed by atoms with Gasteiger partial charge in [0.05, 0.1) is 29.6 Å². The van der Waals surface area contributed by atoms with Gasteiger partial charge in [-0.1, -0.05) is 23.8 Å². The Bertz CT molecular complexity index is 1280. The van der Waals surface area contributed by atoms with Crippen molar-refractivity contribution in [2.75, 3.05) is 50.6 Å². The van der Waals surface area contributed by atoms with Gasteiger partial charge in [0.25, 0.3) is 0 Å². The predicted octanol–water partition coefficient (Wildman–Crippen LogP) is 3.66. The molecule has 1 fully saturated rings. The van der Waals surface area contributed by atoms with Crippen molar-refractivity contribution in [2.45, 2.75) is 25.3 Å². The number of hydrogen-bond acceptors (Lipinski definition) is 7. The number of imidazole rings is 1. The Balaban J connectivity index is 1.46. The fourth-order valence-corrected chi connectivity index (χ4v) is 5.25. The van der Waals surface area contributed by atoms with Crippen LogP contribution < -0.4 is 20.7 Å². The van der Waals surface area contributed by atoms with Crippen LogP contribution in [-0.2, 0) is 4.79 Å². The second-order valence-electron chi connectivity index (χ2n) is 9.56. The molecule has 0 radical (unpaired) electrons. The number of methoxy groups -OCH3 is 1. The van der Waals surface area contributed by atoms with Crippen LogP contribution in [0.25, 0.3) is 22.6 Å². The molecule has 2 aliphatic rings. The molecule has 3 aromatic rings. The lowest BCUT2D eigenvalue weighted by atomic mass is 9.86. The van der Waals surface area contributed by atoms with Crippen LogP contribution in [0.5, 0.6) is 5.75 Å². The Kier molecular flexibility index (Phi) is 7.02. The number of ether oxygens (including phenoxy) is 1. The molecule has 2 unspecified atom stereocenters. The fourth-order valence-electron chi connectivity index (χ4n) is 5.06. The Hall–Kier alpha value is -3.30. The van der Waals surface area contributed by atoms with Gasteiger partial charge in [-0.25, -0.2) is 9.97 Å². The third kappa shape index (κ3) is 4.99. The summed E-state index contributed by atoms with van der Waals surface area (Å²) >= 11 is 6.59. The summed E-state index contributed by atoms with van der Waals surface area (Å²) in [6, 6.07) is 6.23. The average molecular weight is 510 g/mol. The molecule has 2 atom stereocenters. The van der Waals surface area contributed by atoms with E-state index in [-0.39, 0.29) is 17.9 Å². The first-order chi connectivity index (χ1) is 17.4. The number of pyridine rings is 1. The summed E-state index contributed by atoms with van der Waals surface area (Å²) in [4.78, 5) is 28.9. The number of primary amides is 1. The molecular weight excluding hydrogens is 478 g/mol. The summed E-state index contributed by atoms with van der Waals surface area (Å²) in [5.41, 5.74) is 9.48. The van der Waals surface area contributed by atoms with Gasteiger partial charge in [-0.3, -0.25) is 4.79 Å². The maximum absolute atomic E-state index is 11.6. The maximum Gasteiger partial charge on any atom is 0.217 e. The Morgan fingerprint density at radius 2 is 2.03 bits per heavy atom. The SMILES string of the molecule is COc1cc(N2CCN(C)CC2)ccc1-c1nc2ncc(Cl)c(NC3CC=CCC3CC(N)=O)c2[nH]1. The van der Waals surface area contributed by atoms with Crippen LogP contribution in [0.2, 0.25) is 5.02 Å². The standard InChI is InChI=1S/C26H32ClN7O2/c1-33-9-11-34(12-10-33)17-7-8-18(21(14-17)36-2)25-31-24-23(19(27)15-29-26(24)32-25)30-20-6-4-3-5-16(20)13-22(28)35/h3-4,7-8,14-16,20H,5-6,9-13H2,1-2H3,(H2,28,35)(H2,29,30,31,32). The number of carbonyl (C=O) groups excluding carboxylic acids is 1. The van der Waals surface area contributed by atoms with E-state index in [1.807, 2.05) is 6.07 Å². The quantitative estimate of drug-likeness (QED) is 0.416. The first-order valence-corrected chi connectivity index (χ1v) is 12.7. The number of allylic oxidation sites excluding steroid dienone is 1. The molecule has 1 aliphatic carbocycles. The molecule has 0 bridgehead atoms. The van der Waals surface area contributed by atoms with Crippen LogP contribution in [0.3, 0.4) is 0 Å². The van der Waals surface area contributed by atoms with E-state index in [9.17, 15) is 4.79 Å². The summed E-state index contributed by atoms with van der Waals surface area (Å²) in [5.74, 6) is 1.19. The van der Waals surface area contributed by atoms with Crippen molar-refractivity contribution in [3.05, 3.63) is 41.6 Å². The number of anilines is 2. The predicted molar refractivity (Wildman–Crippen MR) is 144 cm³/mol. The number of nitrogens with zero attached hydrogens (tertiary/aromatic N) is 4. The van der Waals surface area contributed by atoms with Crippen LogP contribution in [0, 0.1) is 5.92 Å². The summed E-state index contributed by atoms with van der Waals surface area (Å²) < 4.78 is 5.76. The fraction of sp³-hybridized carbons (Fsp3) is 0.423. The number of aromatic nitrogens is 3. The monoisotopic (exact) mass is 509 g/mol. The molecule has 1 saturated heterocycles. The van der Waals surface area contributed by atoms with Crippen LogP contribution in [0.15, 0.2) is 36.5 Å². The summed E-state index contributed by atoms with van der Waals surface area (Å²) in [6.45, 7) is 4.03. The highest BCUT2D eigenvalue weighted by molar-refractivity contribution is 6.34. The minimum Gasteiger partial charge on any atom is -0.496 e. The zero-order valence-corrected chi connectivity index (χ0v) is 21.4. The second kappa shape index (κ2) is 10.4. The van der Waals surface area contributed by atoms with Crippen molar-refractivity contribution in [1.82, 2.24) is 19.9 Å². The van der Waals surface area contributed by atoms with E-state index in [0.29, 0.717) is 22.9 Å². The number of likely N-dealkylation sites (N-methyl/N-ethyl adjacent to an activating group) is 1. The van der Waals surface area contributed by atoms with Crippen molar-refractivity contribution in [2.24, 2.45) is 11.7 Å². The lowest BCUT2D eigenvalue weighted by molar-refractivity contribution is -0.119. The normalized spacial score (nSPS) is 20.6. The molecule has 0 spiro atoms. The first-order valence-electron chi connectivity index (χ1n) is 12.3. The van der Waals surface area contributed by atoms with Gasteiger partial charge < -0.3 is 30.6 Å². The smallest absolute Gasteiger partial charge is 0.217 e. The van der Waals surface area contributed by atoms with E-state index < -0.39 is 0 Å². The molecule has 9 nitrogen and oxygen atoms in total. The number of piperazine rings is 1. The number of rotatable bonds is 7. The lowest BCUT2D eigenvalue weighted by Gasteiger charge is -2.34. The molecule has 2 aromatic heterocycles. The van der Waals surface area contributed by atoms with E-state index in [1.54, 1.807) is 13.3 Å². The van der Waals surface area contributed by atoms with Crippen LogP contribution in [0.4, 0.5) is 11.4 Å². The van der Waals surface area contributed by atoms with Gasteiger partial charge in [0.2, 0.25) is 5.91 Å². The third-order valence-corrected chi connectivity index (χ3v) is 7.43. The number of benzene rings is 1. The van der Waals surface area contributed by atoms with Gasteiger partial charge in [-0.2, -0.15) is 0 Å².